The van der Waals surface area contributed by atoms with Crippen molar-refractivity contribution in [3.8, 4) is 0 Å². The van der Waals surface area contributed by atoms with Crippen LogP contribution in [0.4, 0.5) is 0 Å². The van der Waals surface area contributed by atoms with Crippen LogP contribution in [0.5, 0.6) is 0 Å². The first-order valence-electron chi connectivity index (χ1n) is 5.02. The molecule has 0 aromatic heterocycles. The fraction of sp³-hybridized carbons (Fsp3) is 1.00. The molecule has 72 valence electrons. The van der Waals surface area contributed by atoms with E-state index in [1.165, 1.54) is 12.8 Å². The molecule has 0 spiro atoms. The van der Waals surface area contributed by atoms with Gasteiger partial charge in [0.1, 0.15) is 0 Å². The van der Waals surface area contributed by atoms with E-state index in [1.807, 2.05) is 0 Å². The van der Waals surface area contributed by atoms with Crippen LogP contribution in [0.1, 0.15) is 46.0 Å². The van der Waals surface area contributed by atoms with Gasteiger partial charge in [-0.15, -0.1) is 11.6 Å². The molecular formula is C10H19ClO. The van der Waals surface area contributed by atoms with E-state index in [9.17, 15) is 0 Å². The number of hydrogen-bond acceptors (Lipinski definition) is 1. The first-order chi connectivity index (χ1) is 5.72. The summed E-state index contributed by atoms with van der Waals surface area (Å²) in [4.78, 5) is 0. The van der Waals surface area contributed by atoms with Crippen LogP contribution in [0.3, 0.4) is 0 Å². The van der Waals surface area contributed by atoms with Gasteiger partial charge in [0.05, 0.1) is 12.2 Å². The Bertz CT molecular complexity index is 127. The van der Waals surface area contributed by atoms with Gasteiger partial charge in [0, 0.05) is 5.38 Å². The van der Waals surface area contributed by atoms with E-state index in [0.29, 0.717) is 17.6 Å². The Morgan fingerprint density at radius 2 is 2.25 bits per heavy atom. The Labute approximate surface area is 80.4 Å². The Hall–Kier alpha value is 0.250. The van der Waals surface area contributed by atoms with Crippen LogP contribution < -0.4 is 0 Å². The zero-order chi connectivity index (χ0) is 8.97. The van der Waals surface area contributed by atoms with Crippen LogP contribution in [-0.2, 0) is 4.74 Å². The topological polar surface area (TPSA) is 9.23 Å². The normalized spacial score (nSPS) is 32.2. The fourth-order valence-corrected chi connectivity index (χ4v) is 1.79. The maximum absolute atomic E-state index is 6.02. The summed E-state index contributed by atoms with van der Waals surface area (Å²) in [5.74, 6) is 0. The number of hydrogen-bond donors (Lipinski definition) is 0. The largest absolute Gasteiger partial charge is 0.375 e. The second kappa shape index (κ2) is 5.08. The molecule has 1 aliphatic rings. The van der Waals surface area contributed by atoms with Crippen LogP contribution >= 0.6 is 11.6 Å². The third-order valence-corrected chi connectivity index (χ3v) is 3.09. The number of halogens is 1. The molecule has 2 heteroatoms. The minimum absolute atomic E-state index is 0.351. The third-order valence-electron chi connectivity index (χ3n) is 2.56. The van der Waals surface area contributed by atoms with Gasteiger partial charge in [0.15, 0.2) is 0 Å². The van der Waals surface area contributed by atoms with Crippen LogP contribution in [0.2, 0.25) is 0 Å². The number of rotatable bonds is 4. The smallest absolute Gasteiger partial charge is 0.0580 e. The van der Waals surface area contributed by atoms with Crippen molar-refractivity contribution in [3.05, 3.63) is 0 Å². The first-order valence-corrected chi connectivity index (χ1v) is 5.45. The molecule has 0 saturated carbocycles. The Balaban J connectivity index is 2.07. The van der Waals surface area contributed by atoms with Crippen molar-refractivity contribution in [1.82, 2.24) is 0 Å². The standard InChI is InChI=1S/C10H19ClO/c1-3-9(11)5-7-10-6-4-8(2)12-10/h8-10H,3-7H2,1-2H3. The Morgan fingerprint density at radius 3 is 2.75 bits per heavy atom. The number of ether oxygens (including phenoxy) is 1. The van der Waals surface area contributed by atoms with Gasteiger partial charge in [-0.3, -0.25) is 0 Å². The summed E-state index contributed by atoms with van der Waals surface area (Å²) in [7, 11) is 0. The molecule has 0 radical (unpaired) electrons. The third kappa shape index (κ3) is 3.32. The van der Waals surface area contributed by atoms with E-state index >= 15 is 0 Å². The molecule has 1 heterocycles. The summed E-state index contributed by atoms with van der Waals surface area (Å²) in [6.07, 6.45) is 6.75. The van der Waals surface area contributed by atoms with Crippen molar-refractivity contribution in [1.29, 1.82) is 0 Å². The SMILES string of the molecule is CCC(Cl)CCC1CCC(C)O1. The fourth-order valence-electron chi connectivity index (χ4n) is 1.67. The predicted octanol–water partition coefficient (Wildman–Crippen LogP) is 3.35. The van der Waals surface area contributed by atoms with Gasteiger partial charge in [0.2, 0.25) is 0 Å². The maximum atomic E-state index is 6.02. The zero-order valence-electron chi connectivity index (χ0n) is 8.05. The van der Waals surface area contributed by atoms with E-state index in [-0.39, 0.29) is 0 Å². The average Bonchev–Trinajstić information content (AvgIpc) is 2.47. The van der Waals surface area contributed by atoms with Gasteiger partial charge in [-0.05, 0) is 39.0 Å². The molecule has 0 aromatic rings. The second-order valence-electron chi connectivity index (χ2n) is 3.73. The summed E-state index contributed by atoms with van der Waals surface area (Å²) in [5.41, 5.74) is 0. The monoisotopic (exact) mass is 190 g/mol. The zero-order valence-corrected chi connectivity index (χ0v) is 8.81. The molecule has 1 aliphatic heterocycles. The molecule has 1 nitrogen and oxygen atoms in total. The highest BCUT2D eigenvalue weighted by Crippen LogP contribution is 2.24. The van der Waals surface area contributed by atoms with E-state index in [0.717, 1.165) is 19.3 Å². The molecule has 1 saturated heterocycles. The number of alkyl halides is 1. The summed E-state index contributed by atoms with van der Waals surface area (Å²) in [5, 5.41) is 0.351. The van der Waals surface area contributed by atoms with Gasteiger partial charge >= 0.3 is 0 Å². The van der Waals surface area contributed by atoms with E-state index < -0.39 is 0 Å². The quantitative estimate of drug-likeness (QED) is 0.618. The van der Waals surface area contributed by atoms with Crippen molar-refractivity contribution in [3.63, 3.8) is 0 Å². The molecule has 3 unspecified atom stereocenters. The highest BCUT2D eigenvalue weighted by Gasteiger charge is 2.21. The molecular weight excluding hydrogens is 172 g/mol. The first kappa shape index (κ1) is 10.3. The summed E-state index contributed by atoms with van der Waals surface area (Å²) >= 11 is 6.02. The highest BCUT2D eigenvalue weighted by molar-refractivity contribution is 6.20. The van der Waals surface area contributed by atoms with E-state index in [4.69, 9.17) is 16.3 Å². The highest BCUT2D eigenvalue weighted by atomic mass is 35.5. The van der Waals surface area contributed by atoms with Gasteiger partial charge in [-0.25, -0.2) is 0 Å². The van der Waals surface area contributed by atoms with Gasteiger partial charge in [0.25, 0.3) is 0 Å². The van der Waals surface area contributed by atoms with Crippen LogP contribution in [0.25, 0.3) is 0 Å². The molecule has 1 fully saturated rings. The van der Waals surface area contributed by atoms with Crippen molar-refractivity contribution >= 4 is 11.6 Å². The molecule has 0 bridgehead atoms. The van der Waals surface area contributed by atoms with Crippen molar-refractivity contribution in [2.75, 3.05) is 0 Å². The molecule has 12 heavy (non-hydrogen) atoms. The lowest BCUT2D eigenvalue weighted by molar-refractivity contribution is 0.0497. The predicted molar refractivity (Wildman–Crippen MR) is 52.7 cm³/mol. The lowest BCUT2D eigenvalue weighted by atomic mass is 10.1. The van der Waals surface area contributed by atoms with Crippen LogP contribution in [0, 0.1) is 0 Å². The van der Waals surface area contributed by atoms with Crippen LogP contribution in [-0.4, -0.2) is 17.6 Å². The Kier molecular flexibility index (Phi) is 4.38. The van der Waals surface area contributed by atoms with E-state index in [2.05, 4.69) is 13.8 Å². The molecule has 3 atom stereocenters. The minimum Gasteiger partial charge on any atom is -0.375 e. The summed E-state index contributed by atoms with van der Waals surface area (Å²) in [6.45, 7) is 4.29. The lowest BCUT2D eigenvalue weighted by Crippen LogP contribution is -2.10. The maximum Gasteiger partial charge on any atom is 0.0580 e. The van der Waals surface area contributed by atoms with Gasteiger partial charge in [-0.2, -0.15) is 0 Å². The van der Waals surface area contributed by atoms with Crippen LogP contribution in [0.15, 0.2) is 0 Å². The minimum atomic E-state index is 0.351. The summed E-state index contributed by atoms with van der Waals surface area (Å²) in [6, 6.07) is 0. The van der Waals surface area contributed by atoms with Gasteiger partial charge in [-0.1, -0.05) is 6.92 Å². The van der Waals surface area contributed by atoms with E-state index in [1.54, 1.807) is 0 Å². The molecule has 0 aromatic carbocycles. The summed E-state index contributed by atoms with van der Waals surface area (Å²) < 4.78 is 5.70. The average molecular weight is 191 g/mol. The van der Waals surface area contributed by atoms with Gasteiger partial charge < -0.3 is 4.74 Å². The van der Waals surface area contributed by atoms with Crippen molar-refractivity contribution in [2.24, 2.45) is 0 Å². The Morgan fingerprint density at radius 1 is 1.50 bits per heavy atom. The van der Waals surface area contributed by atoms with Crippen molar-refractivity contribution in [2.45, 2.75) is 63.5 Å². The molecule has 0 aliphatic carbocycles. The molecule has 1 rings (SSSR count). The molecule has 0 amide bonds. The second-order valence-corrected chi connectivity index (χ2v) is 4.35. The lowest BCUT2D eigenvalue weighted by Gasteiger charge is -2.12. The molecule has 0 N–H and O–H groups in total. The van der Waals surface area contributed by atoms with Crippen molar-refractivity contribution < 1.29 is 4.74 Å².